The number of ether oxygens (including phenoxy) is 2. The van der Waals surface area contributed by atoms with Gasteiger partial charge in [-0.15, -0.1) is 0 Å². The second-order valence-corrected chi connectivity index (χ2v) is 17.3. The van der Waals surface area contributed by atoms with E-state index in [4.69, 9.17) is 28.7 Å². The van der Waals surface area contributed by atoms with Crippen LogP contribution in [0, 0.1) is 17.7 Å². The Morgan fingerprint density at radius 2 is 1.95 bits per heavy atom. The molecule has 7 fully saturated rings. The second kappa shape index (κ2) is 15.0. The summed E-state index contributed by atoms with van der Waals surface area (Å²) < 4.78 is 66.8. The molecule has 8 heterocycles. The summed E-state index contributed by atoms with van der Waals surface area (Å²) >= 11 is 0. The molecule has 8 unspecified atom stereocenters. The van der Waals surface area contributed by atoms with Crippen molar-refractivity contribution in [2.24, 2.45) is 11.8 Å². The zero-order valence-electron chi connectivity index (χ0n) is 34.7. The molecule has 7 aliphatic rings. The lowest BCUT2D eigenvalue weighted by Gasteiger charge is -2.47. The van der Waals surface area contributed by atoms with Crippen molar-refractivity contribution in [2.45, 2.75) is 113 Å². The molecule has 0 radical (unpaired) electrons. The smallest absolute Gasteiger partial charge is 0.168 e. The highest BCUT2D eigenvalue weighted by atomic mass is 19.1. The average Bonchev–Trinajstić information content (AvgIpc) is 3.79. The first kappa shape index (κ1) is 33.0. The van der Waals surface area contributed by atoms with Gasteiger partial charge in [0.15, 0.2) is 5.65 Å². The van der Waals surface area contributed by atoms with E-state index in [1.165, 1.54) is 12.1 Å². The first-order valence-electron chi connectivity index (χ1n) is 22.2. The van der Waals surface area contributed by atoms with E-state index in [0.717, 1.165) is 95.2 Å². The normalized spacial score (nSPS) is 38.2. The molecule has 1 saturated carbocycles. The fourth-order valence-corrected chi connectivity index (χ4v) is 11.1. The number of piperidine rings is 1. The maximum absolute atomic E-state index is 15.5. The molecule has 10 rings (SSSR count). The van der Waals surface area contributed by atoms with E-state index in [1.807, 2.05) is 0 Å². The molecule has 6 bridgehead atoms. The lowest BCUT2D eigenvalue weighted by atomic mass is 9.74. The number of anilines is 1. The molecule has 6 aliphatic heterocycles. The number of nitrogens with zero attached hydrogens (tertiary/aromatic N) is 7. The number of fused-ring (bicyclic) bond motifs is 8. The summed E-state index contributed by atoms with van der Waals surface area (Å²) in [4.78, 5) is 18.0. The highest BCUT2D eigenvalue weighted by Crippen LogP contribution is 2.41. The zero-order valence-corrected chi connectivity index (χ0v) is 31.7. The predicted octanol–water partition coefficient (Wildman–Crippen LogP) is 2.57. The Labute approximate surface area is 326 Å². The van der Waals surface area contributed by atoms with Crippen LogP contribution in [0.15, 0.2) is 24.4 Å². The van der Waals surface area contributed by atoms with Crippen molar-refractivity contribution in [3.8, 4) is 11.4 Å². The first-order valence-corrected chi connectivity index (χ1v) is 20.7. The van der Waals surface area contributed by atoms with Crippen LogP contribution in [-0.4, -0.2) is 144 Å². The van der Waals surface area contributed by atoms with Crippen molar-refractivity contribution < 1.29 is 22.4 Å². The third kappa shape index (κ3) is 7.01. The van der Waals surface area contributed by atoms with E-state index in [1.54, 1.807) is 10.9 Å². The monoisotopic (exact) mass is 764 g/mol. The summed E-state index contributed by atoms with van der Waals surface area (Å²) in [7, 11) is -2.79. The van der Waals surface area contributed by atoms with Crippen LogP contribution in [0.2, 0.25) is 0 Å². The standard InChI is InChI=1S/C40H57F2N11O2/c1-23-45-33-13-26(42)12-30-32-5-3-6-36(47-32)46-27-15-28(20-50-9-4-10-55-29(21-50)22-51(23)38(30)33)52(19-27)39-31-18-44-53(34-8-7-25(41)14-35(34)54-2)40(31)49-37(48-39)11-24-16-43-17-24/h7-8,14,18,23-24,26-30,32-33,36,38,43,45-47H,3-6,9-13,15-17,19-22H2,1-2H3/t23?,26?,27-,28-,29-,30?,32?,33?,36?,38?/m0/s1/i2D3. The van der Waals surface area contributed by atoms with Gasteiger partial charge in [-0.1, -0.05) is 0 Å². The van der Waals surface area contributed by atoms with E-state index < -0.39 is 19.0 Å². The maximum atomic E-state index is 15.5. The van der Waals surface area contributed by atoms with Gasteiger partial charge >= 0.3 is 0 Å². The largest absolute Gasteiger partial charge is 0.494 e. The van der Waals surface area contributed by atoms with Gasteiger partial charge in [-0.25, -0.2) is 23.4 Å². The van der Waals surface area contributed by atoms with Gasteiger partial charge in [0.1, 0.15) is 35.1 Å². The van der Waals surface area contributed by atoms with Crippen molar-refractivity contribution >= 4 is 16.9 Å². The Bertz CT molecular complexity index is 1960. The molecule has 55 heavy (non-hydrogen) atoms. The lowest BCUT2D eigenvalue weighted by molar-refractivity contribution is -0.00972. The molecule has 0 spiro atoms. The van der Waals surface area contributed by atoms with Crippen LogP contribution in [-0.2, 0) is 11.2 Å². The number of benzene rings is 1. The molecule has 1 aromatic carbocycles. The Hall–Kier alpha value is -3.05. The fourth-order valence-electron chi connectivity index (χ4n) is 11.1. The van der Waals surface area contributed by atoms with Crippen molar-refractivity contribution in [3.05, 3.63) is 36.0 Å². The molecule has 15 heteroatoms. The van der Waals surface area contributed by atoms with Crippen molar-refractivity contribution in [3.63, 3.8) is 0 Å². The van der Waals surface area contributed by atoms with E-state index in [0.29, 0.717) is 43.3 Å². The summed E-state index contributed by atoms with van der Waals surface area (Å²) in [6, 6.07) is 4.75. The summed E-state index contributed by atoms with van der Waals surface area (Å²) in [5.41, 5.74) is 0.806. The van der Waals surface area contributed by atoms with E-state index in [9.17, 15) is 4.39 Å². The Kier molecular flexibility index (Phi) is 9.01. The van der Waals surface area contributed by atoms with E-state index in [-0.39, 0.29) is 66.0 Å². The third-order valence-corrected chi connectivity index (χ3v) is 13.7. The molecule has 2 aromatic heterocycles. The molecule has 3 aromatic rings. The van der Waals surface area contributed by atoms with Crippen LogP contribution in [0.5, 0.6) is 5.75 Å². The summed E-state index contributed by atoms with van der Waals surface area (Å²) in [6.07, 6.45) is 8.08. The van der Waals surface area contributed by atoms with Gasteiger partial charge in [-0.3, -0.25) is 25.8 Å². The van der Waals surface area contributed by atoms with Gasteiger partial charge in [0.25, 0.3) is 0 Å². The summed E-state index contributed by atoms with van der Waals surface area (Å²) in [5.74, 6) is 1.33. The van der Waals surface area contributed by atoms with Crippen molar-refractivity contribution in [1.29, 1.82) is 0 Å². The van der Waals surface area contributed by atoms with E-state index in [2.05, 4.69) is 42.9 Å². The quantitative estimate of drug-likeness (QED) is 0.306. The highest BCUT2D eigenvalue weighted by Gasteiger charge is 2.51. The molecule has 6 saturated heterocycles. The number of hydrogen-bond acceptors (Lipinski definition) is 12. The minimum Gasteiger partial charge on any atom is -0.494 e. The minimum atomic E-state index is -2.79. The summed E-state index contributed by atoms with van der Waals surface area (Å²) in [6.45, 7) is 8.85. The molecular weight excluding hydrogens is 705 g/mol. The Morgan fingerprint density at radius 1 is 1.02 bits per heavy atom. The fraction of sp³-hybridized carbons (Fsp3) is 0.725. The van der Waals surface area contributed by atoms with Gasteiger partial charge < -0.3 is 19.7 Å². The van der Waals surface area contributed by atoms with Gasteiger partial charge in [0.05, 0.1) is 41.2 Å². The molecule has 0 amide bonds. The van der Waals surface area contributed by atoms with Gasteiger partial charge in [-0.05, 0) is 88.9 Å². The molecule has 298 valence electrons. The first-order chi connectivity index (χ1) is 28.0. The topological polar surface area (TPSA) is 120 Å². The molecule has 4 N–H and O–H groups in total. The number of rotatable bonds is 5. The van der Waals surface area contributed by atoms with Crippen LogP contribution in [0.3, 0.4) is 0 Å². The number of alkyl halides is 1. The summed E-state index contributed by atoms with van der Waals surface area (Å²) in [5, 5.41) is 20.7. The molecular formula is C40H57F2N11O2. The van der Waals surface area contributed by atoms with E-state index >= 15 is 4.39 Å². The van der Waals surface area contributed by atoms with Crippen LogP contribution in [0.25, 0.3) is 16.7 Å². The number of aromatic nitrogens is 4. The Balaban J connectivity index is 1.02. The average molecular weight is 765 g/mol. The lowest BCUT2D eigenvalue weighted by Crippen LogP contribution is -2.61. The molecule has 1 aliphatic carbocycles. The van der Waals surface area contributed by atoms with Crippen LogP contribution < -0.4 is 30.9 Å². The number of nitrogens with one attached hydrogen (secondary N) is 4. The Morgan fingerprint density at radius 3 is 2.82 bits per heavy atom. The maximum Gasteiger partial charge on any atom is 0.168 e. The number of methoxy groups -OCH3 is 1. The van der Waals surface area contributed by atoms with Crippen LogP contribution in [0.1, 0.15) is 61.8 Å². The van der Waals surface area contributed by atoms with Gasteiger partial charge in [0.2, 0.25) is 0 Å². The SMILES string of the molecule is [2H]C([2H])([2H])Oc1cc(F)ccc1-n1ncc2c(N3C[C@@H]4C[C@H]3CN3CCCO[C@@H](C3)CN3C(C)NC5CC(F)CC(C6CCCC(N6)N4)C53)nc(CC3CNC3)nc21. The van der Waals surface area contributed by atoms with Gasteiger partial charge in [0, 0.05) is 82.0 Å². The van der Waals surface area contributed by atoms with Gasteiger partial charge in [-0.2, -0.15) is 5.10 Å². The minimum absolute atomic E-state index is 0.0314. The number of halogens is 2. The predicted molar refractivity (Wildman–Crippen MR) is 206 cm³/mol. The van der Waals surface area contributed by atoms with Crippen molar-refractivity contribution in [1.82, 2.24) is 50.8 Å². The van der Waals surface area contributed by atoms with Crippen molar-refractivity contribution in [2.75, 3.05) is 64.4 Å². The third-order valence-electron chi connectivity index (χ3n) is 13.7. The number of hydrogen-bond donors (Lipinski definition) is 4. The zero-order chi connectivity index (χ0) is 39.7. The van der Waals surface area contributed by atoms with Crippen LogP contribution >= 0.6 is 0 Å². The second-order valence-electron chi connectivity index (χ2n) is 17.3. The molecule has 13 nitrogen and oxygen atoms in total. The highest BCUT2D eigenvalue weighted by molar-refractivity contribution is 5.88. The molecule has 11 atom stereocenters. The van der Waals surface area contributed by atoms with Crippen LogP contribution in [0.4, 0.5) is 14.6 Å².